The zero-order chi connectivity index (χ0) is 99.9. The van der Waals surface area contributed by atoms with Gasteiger partial charge in [-0.3, -0.25) is 24.0 Å². The second kappa shape index (κ2) is 48.0. The van der Waals surface area contributed by atoms with Crippen LogP contribution in [0.25, 0.3) is 11.1 Å². The molecule has 29 unspecified atom stereocenters. The Balaban J connectivity index is 0.821. The first kappa shape index (κ1) is 109. The number of alkyl carbamates (subject to hydrolysis) is 1. The number of hydrogen-bond acceptors (Lipinski definition) is 49. The monoisotopic (exact) mass is 1980 g/mol. The highest BCUT2D eigenvalue weighted by atomic mass is 16.8. The largest absolute Gasteiger partial charge is 0.480 e. The molecule has 55 heteroatoms. The minimum absolute atomic E-state index is 0.246. The standard InChI is InChI=1S/C82H121N5O50/c1-25(96)83-46-36(14-29(100)13-35(73(117)118)87-82(119)121-23-34-32-11-7-5-9-30(32)31-10-6-8-12-33(31)34)122-41(19-92)66(55(46)106)131-74-47(84-26(2)97)56(107)69(44(22-95)127-74)134-79-65(116)70(135-81-72(62(113)53(104)40(18-91)126-81)137-76-49(86-28(4)99)58(109)68(43(21-94)129-76)133-78-64(115)60(111)51(102)38(16-89)124-78)54(105)45(130-79)24-120-80-71(61(112)52(103)39(17-90)125-80)136-75-48(85-27(3)98)57(108)67(42(20-93)128-75)132-77-63(114)59(110)50(101)37(15-88)123-77/h5-12,34-72,74-81,88-95,101-116H,13-24H2,1-4H3,(H,83,96)(H,84,97)(H,85,98)(H,86,99)(H,87,119)(H,117,118)/t35?,36-,37?,38?,39?,40?,41?,42?,43?,44?,45?,46?,47?,48?,49?,50-,51-,52+,53+,54+,55?,56?,57?,58?,59?,60?,61?,62?,63?,64?,65?,66+,67+,68+,69+,70?,71?,72?,74-,75-,76-,77-,78?,79-,80-,81+/m0/s1. The SMILES string of the molecule is CC(=O)NC1C(O)[C@H](OC2OC(CO)[C@H](O)C(O)C2O)C(CO)O[C@H]1OC1C(O)[C@H](O)C(CO)O[C@@H]1OC1C(O)[C@H](O[C@@H]2C(CO)O[C@@H](O[C@@H]3C(CO)O[C@@H](CC(=O)CC(NC(=O)OCC4c5ccccc5-c5ccccc54)C(=O)O)C(NC(C)=O)C3O)C(NC(C)=O)C2O)OC(CO[C@H]2OC(CO)[C@@H](O)C(O)C2O[C@@H]2OC(CO)[C@@H](O[C@@H]3OC(CO)[C@H](O)C(O)C3O)C(O)C2NC(C)=O)[C@H]1O. The van der Waals surface area contributed by atoms with E-state index < -0.39 is 402 Å². The van der Waals surface area contributed by atoms with E-state index in [4.69, 9.17) is 85.3 Å². The molecule has 55 nitrogen and oxygen atoms in total. The Morgan fingerprint density at radius 3 is 1.01 bits per heavy atom. The number of carboxylic acid groups (broad SMARTS) is 1. The van der Waals surface area contributed by atoms with Crippen LogP contribution in [0.5, 0.6) is 0 Å². The molecule has 30 N–H and O–H groups in total. The van der Waals surface area contributed by atoms with Crippen molar-refractivity contribution < 1.29 is 246 Å². The summed E-state index contributed by atoms with van der Waals surface area (Å²) in [7, 11) is 0. The van der Waals surface area contributed by atoms with Crippen molar-refractivity contribution in [3.05, 3.63) is 59.7 Å². The molecule has 0 spiro atoms. The van der Waals surface area contributed by atoms with Gasteiger partial charge in [-0.15, -0.1) is 0 Å². The second-order valence-corrected chi connectivity index (χ2v) is 34.6. The number of ketones is 1. The highest BCUT2D eigenvalue weighted by Gasteiger charge is 2.62. The fourth-order valence-corrected chi connectivity index (χ4v) is 18.3. The van der Waals surface area contributed by atoms with Crippen molar-refractivity contribution in [2.45, 2.75) is 328 Å². The number of fused-ring (bicyclic) bond motifs is 3. The van der Waals surface area contributed by atoms with Crippen molar-refractivity contribution in [3.63, 3.8) is 0 Å². The third kappa shape index (κ3) is 24.3. The first-order chi connectivity index (χ1) is 65.1. The maximum Gasteiger partial charge on any atom is 0.407 e. The normalized spacial score (nSPS) is 42.6. The molecule has 5 amide bonds. The third-order valence-corrected chi connectivity index (χ3v) is 25.3. The van der Waals surface area contributed by atoms with Gasteiger partial charge < -0.3 is 240 Å². The van der Waals surface area contributed by atoms with Crippen LogP contribution in [0.2, 0.25) is 0 Å². The maximum absolute atomic E-state index is 14.0. The number of benzene rings is 2. The van der Waals surface area contributed by atoms with Crippen LogP contribution in [0.15, 0.2) is 48.5 Å². The first-order valence-electron chi connectivity index (χ1n) is 43.9. The number of carboxylic acids is 1. The first-order valence-corrected chi connectivity index (χ1v) is 43.9. The van der Waals surface area contributed by atoms with Gasteiger partial charge in [-0.2, -0.15) is 0 Å². The van der Waals surface area contributed by atoms with E-state index >= 15 is 0 Å². The Labute approximate surface area is 777 Å². The number of aliphatic hydroxyl groups is 24. The van der Waals surface area contributed by atoms with Gasteiger partial charge in [-0.05, 0) is 22.3 Å². The van der Waals surface area contributed by atoms with Crippen molar-refractivity contribution in [1.82, 2.24) is 26.6 Å². The molecule has 12 rings (SSSR count). The van der Waals surface area contributed by atoms with E-state index in [1.54, 1.807) is 12.1 Å². The summed E-state index contributed by atoms with van der Waals surface area (Å²) in [5.41, 5.74) is 3.45. The number of amides is 5. The molecule has 0 bridgehead atoms. The molecule has 1 aliphatic carbocycles. The Morgan fingerprint density at radius 1 is 0.307 bits per heavy atom. The number of Topliss-reactive ketones (excluding diaryl/α,β-unsaturated/α-hetero) is 1. The zero-order valence-electron chi connectivity index (χ0n) is 73.6. The Kier molecular flexibility index (Phi) is 38.1. The number of aliphatic carboxylic acids is 1. The quantitative estimate of drug-likeness (QED) is 0.0299. The minimum Gasteiger partial charge on any atom is -0.480 e. The van der Waals surface area contributed by atoms with Gasteiger partial charge in [0.25, 0.3) is 0 Å². The second-order valence-electron chi connectivity index (χ2n) is 34.6. The minimum atomic E-state index is -2.65. The number of carbonyl (C=O) groups is 7. The number of rotatable bonds is 37. The number of hydrogen-bond donors (Lipinski definition) is 30. The molecule has 137 heavy (non-hydrogen) atoms. The van der Waals surface area contributed by atoms with Crippen LogP contribution in [-0.2, 0) is 114 Å². The molecule has 2 aromatic carbocycles. The lowest BCUT2D eigenvalue weighted by Gasteiger charge is -2.51. The van der Waals surface area contributed by atoms with Crippen LogP contribution < -0.4 is 26.6 Å². The van der Waals surface area contributed by atoms with Crippen molar-refractivity contribution in [1.29, 1.82) is 0 Å². The van der Waals surface area contributed by atoms with E-state index in [9.17, 15) is 161 Å². The van der Waals surface area contributed by atoms with Gasteiger partial charge in [0.15, 0.2) is 50.3 Å². The average Bonchev–Trinajstić information content (AvgIpc) is 1.61. The molecule has 46 atom stereocenters. The third-order valence-electron chi connectivity index (χ3n) is 25.3. The Morgan fingerprint density at radius 2 is 0.620 bits per heavy atom. The number of carbonyl (C=O) groups excluding carboxylic acids is 6. The lowest BCUT2D eigenvalue weighted by molar-refractivity contribution is -0.398. The molecule has 10 aliphatic rings. The molecule has 2 aromatic rings. The van der Waals surface area contributed by atoms with Crippen LogP contribution in [0.4, 0.5) is 4.79 Å². The number of ether oxygens (including phenoxy) is 18. The smallest absolute Gasteiger partial charge is 0.407 e. The summed E-state index contributed by atoms with van der Waals surface area (Å²) in [6.45, 7) is -6.79. The number of nitrogens with one attached hydrogen (secondary N) is 5. The molecular weight excluding hydrogens is 1850 g/mol. The maximum atomic E-state index is 14.0. The molecule has 9 saturated heterocycles. The van der Waals surface area contributed by atoms with Crippen molar-refractivity contribution >= 4 is 41.5 Å². The summed E-state index contributed by atoms with van der Waals surface area (Å²) in [6, 6.07) is 5.08. The average molecular weight is 1980 g/mol. The molecular formula is C82H121N5O50. The van der Waals surface area contributed by atoms with E-state index in [0.717, 1.165) is 49.9 Å². The highest BCUT2D eigenvalue weighted by Crippen LogP contribution is 2.46. The Hall–Kier alpha value is -6.91. The molecule has 9 fully saturated rings. The highest BCUT2D eigenvalue weighted by molar-refractivity contribution is 5.88. The van der Waals surface area contributed by atoms with Gasteiger partial charge in [-0.1, -0.05) is 48.5 Å². The van der Waals surface area contributed by atoms with Gasteiger partial charge in [0.1, 0.15) is 232 Å². The van der Waals surface area contributed by atoms with Crippen LogP contribution >= 0.6 is 0 Å². The molecule has 9 aliphatic heterocycles. The van der Waals surface area contributed by atoms with E-state index in [1.165, 1.54) is 0 Å². The molecule has 0 saturated carbocycles. The Bertz CT molecular complexity index is 4250. The van der Waals surface area contributed by atoms with Gasteiger partial charge in [0.2, 0.25) is 23.6 Å². The van der Waals surface area contributed by atoms with E-state index in [-0.39, 0.29) is 6.61 Å². The molecule has 9 heterocycles. The fraction of sp³-hybridized carbons (Fsp3) is 0.768. The molecule has 774 valence electrons. The summed E-state index contributed by atoms with van der Waals surface area (Å²) in [4.78, 5) is 92.4. The lowest BCUT2D eigenvalue weighted by Crippen LogP contribution is -2.71. The van der Waals surface area contributed by atoms with Crippen LogP contribution in [-0.4, -0.2) is 517 Å². The van der Waals surface area contributed by atoms with Crippen molar-refractivity contribution in [2.75, 3.05) is 66.1 Å². The van der Waals surface area contributed by atoms with Crippen LogP contribution in [0, 0.1) is 0 Å². The summed E-state index contributed by atoms with van der Waals surface area (Å²) >= 11 is 0. The van der Waals surface area contributed by atoms with E-state index in [2.05, 4.69) is 26.6 Å². The van der Waals surface area contributed by atoms with E-state index in [1.807, 2.05) is 36.4 Å². The van der Waals surface area contributed by atoms with Gasteiger partial charge in [0.05, 0.1) is 71.6 Å². The summed E-state index contributed by atoms with van der Waals surface area (Å²) < 4.78 is 108. The van der Waals surface area contributed by atoms with E-state index in [0.29, 0.717) is 0 Å². The molecule has 0 radical (unpaired) electrons. The van der Waals surface area contributed by atoms with Crippen LogP contribution in [0.1, 0.15) is 57.6 Å². The van der Waals surface area contributed by atoms with Gasteiger partial charge in [0, 0.05) is 46.5 Å². The molecule has 0 aromatic heterocycles. The lowest BCUT2D eigenvalue weighted by atomic mass is 9.88. The van der Waals surface area contributed by atoms with Crippen molar-refractivity contribution in [2.24, 2.45) is 0 Å². The van der Waals surface area contributed by atoms with Crippen LogP contribution in [0.3, 0.4) is 0 Å². The summed E-state index contributed by atoms with van der Waals surface area (Å²) in [6.07, 6.45) is -90.2. The van der Waals surface area contributed by atoms with Gasteiger partial charge >= 0.3 is 12.1 Å². The topological polar surface area (TPSA) is 852 Å². The zero-order valence-corrected chi connectivity index (χ0v) is 73.6. The van der Waals surface area contributed by atoms with Crippen molar-refractivity contribution in [3.8, 4) is 11.1 Å². The predicted octanol–water partition coefficient (Wildman–Crippen LogP) is -16.7. The fourth-order valence-electron chi connectivity index (χ4n) is 18.3. The summed E-state index contributed by atoms with van der Waals surface area (Å²) in [5, 5.41) is 293. The van der Waals surface area contributed by atoms with Gasteiger partial charge in [-0.25, -0.2) is 9.59 Å². The number of aliphatic hydroxyl groups excluding tert-OH is 24. The predicted molar refractivity (Wildman–Crippen MR) is 435 cm³/mol. The summed E-state index contributed by atoms with van der Waals surface area (Å²) in [5.74, 6) is -6.92.